The zero-order chi connectivity index (χ0) is 28.1. The monoisotopic (exact) mass is 541 g/mol. The van der Waals surface area contributed by atoms with Crippen molar-refractivity contribution in [2.24, 2.45) is 5.73 Å². The lowest BCUT2D eigenvalue weighted by Crippen LogP contribution is -2.52. The first kappa shape index (κ1) is 25.9. The molecule has 6 rings (SSSR count). The van der Waals surface area contributed by atoms with Crippen LogP contribution in [0.5, 0.6) is 17.2 Å². The van der Waals surface area contributed by atoms with Gasteiger partial charge in [0.15, 0.2) is 23.5 Å². The lowest BCUT2D eigenvalue weighted by molar-refractivity contribution is -0.243. The minimum absolute atomic E-state index is 0.0410. The summed E-state index contributed by atoms with van der Waals surface area (Å²) in [5.74, 6) is -3.52. The number of phenolic OH excluding ortho intramolecular Hbond substituents is 2. The summed E-state index contributed by atoms with van der Waals surface area (Å²) >= 11 is 0. The molecule has 2 aliphatic carbocycles. The van der Waals surface area contributed by atoms with Crippen molar-refractivity contribution in [2.75, 3.05) is 7.11 Å². The summed E-state index contributed by atoms with van der Waals surface area (Å²) in [6.07, 6.45) is -6.86. The van der Waals surface area contributed by atoms with Crippen LogP contribution in [-0.4, -0.2) is 81.1 Å². The van der Waals surface area contributed by atoms with Gasteiger partial charge in [-0.15, -0.1) is 0 Å². The summed E-state index contributed by atoms with van der Waals surface area (Å²) in [6, 6.07) is 3.66. The number of methoxy groups -OCH3 is 1. The summed E-state index contributed by atoms with van der Waals surface area (Å²) in [5.41, 5.74) is 2.49. The van der Waals surface area contributed by atoms with Gasteiger partial charge >= 0.3 is 0 Å². The number of fused-ring (bicyclic) bond motifs is 4. The maximum Gasteiger partial charge on any atom is 0.202 e. The van der Waals surface area contributed by atoms with Crippen LogP contribution in [0.4, 0.5) is 0 Å². The molecule has 2 aromatic rings. The summed E-state index contributed by atoms with van der Waals surface area (Å²) in [7, 11) is 1.33. The Morgan fingerprint density at radius 3 is 2.38 bits per heavy atom. The van der Waals surface area contributed by atoms with Gasteiger partial charge in [-0.25, -0.2) is 0 Å². The molecule has 2 fully saturated rings. The largest absolute Gasteiger partial charge is 0.507 e. The van der Waals surface area contributed by atoms with E-state index in [9.17, 15) is 34.8 Å². The van der Waals surface area contributed by atoms with Gasteiger partial charge in [0.25, 0.3) is 0 Å². The minimum Gasteiger partial charge on any atom is -0.507 e. The van der Waals surface area contributed by atoms with Gasteiger partial charge in [0.2, 0.25) is 5.78 Å². The first-order chi connectivity index (χ1) is 18.4. The molecule has 0 bridgehead atoms. The van der Waals surface area contributed by atoms with Gasteiger partial charge in [0, 0.05) is 29.2 Å². The second-order valence-corrected chi connectivity index (χ2v) is 10.3. The van der Waals surface area contributed by atoms with E-state index in [1.165, 1.54) is 32.2 Å². The Morgan fingerprint density at radius 1 is 1.08 bits per heavy atom. The number of phenols is 2. The highest BCUT2D eigenvalue weighted by atomic mass is 16.7. The van der Waals surface area contributed by atoms with Gasteiger partial charge in [-0.2, -0.15) is 0 Å². The average Bonchev–Trinajstić information content (AvgIpc) is 3.67. The lowest BCUT2D eigenvalue weighted by atomic mass is 9.72. The Morgan fingerprint density at radius 2 is 1.74 bits per heavy atom. The molecule has 0 spiro atoms. The van der Waals surface area contributed by atoms with Crippen LogP contribution >= 0.6 is 0 Å². The highest BCUT2D eigenvalue weighted by molar-refractivity contribution is 6.31. The summed E-state index contributed by atoms with van der Waals surface area (Å²) in [4.78, 5) is 39.9. The number of nitrogens with two attached hydrogens (primary N) is 1. The number of aromatic hydroxyl groups is 2. The number of ether oxygens (including phenoxy) is 4. The number of epoxide rings is 1. The number of Topliss-reactive ketones (excluding diaryl/α,β-unsaturated/α-hetero) is 1. The number of ketones is 3. The first-order valence-electron chi connectivity index (χ1n) is 12.4. The molecule has 12 heteroatoms. The van der Waals surface area contributed by atoms with E-state index in [-0.39, 0.29) is 34.4 Å². The molecular weight excluding hydrogens is 514 g/mol. The van der Waals surface area contributed by atoms with E-state index >= 15 is 0 Å². The van der Waals surface area contributed by atoms with E-state index in [4.69, 9.17) is 24.7 Å². The van der Waals surface area contributed by atoms with Gasteiger partial charge in [-0.05, 0) is 19.9 Å². The molecule has 2 saturated heterocycles. The third-order valence-corrected chi connectivity index (χ3v) is 8.22. The van der Waals surface area contributed by atoms with Crippen molar-refractivity contribution >= 4 is 17.3 Å². The number of hydrogen-bond donors (Lipinski definition) is 5. The molecule has 12 nitrogen and oxygen atoms in total. The molecule has 2 heterocycles. The van der Waals surface area contributed by atoms with Gasteiger partial charge < -0.3 is 45.1 Å². The Hall–Kier alpha value is -3.39. The molecule has 0 aromatic heterocycles. The fraction of sp³-hybridized carbons (Fsp3) is 0.444. The molecule has 206 valence electrons. The van der Waals surface area contributed by atoms with Gasteiger partial charge in [-0.3, -0.25) is 14.4 Å². The number of carbonyl (C=O) groups is 3. The highest BCUT2D eigenvalue weighted by Crippen LogP contribution is 2.64. The second kappa shape index (κ2) is 8.55. The van der Waals surface area contributed by atoms with E-state index in [1.807, 2.05) is 0 Å². The minimum atomic E-state index is -1.82. The molecule has 6 N–H and O–H groups in total. The Balaban J connectivity index is 1.55. The molecule has 0 unspecified atom stereocenters. The molecule has 4 aliphatic rings. The number of hydrogen-bond acceptors (Lipinski definition) is 12. The number of benzene rings is 2. The number of aliphatic hydroxyl groups excluding tert-OH is 2. The van der Waals surface area contributed by atoms with Crippen molar-refractivity contribution < 1.29 is 53.8 Å². The summed E-state index contributed by atoms with van der Waals surface area (Å²) in [5, 5.41) is 44.4. The van der Waals surface area contributed by atoms with E-state index in [0.717, 1.165) is 0 Å². The zero-order valence-corrected chi connectivity index (χ0v) is 21.2. The van der Waals surface area contributed by atoms with Crippen molar-refractivity contribution in [3.05, 3.63) is 51.6 Å². The van der Waals surface area contributed by atoms with Gasteiger partial charge in [0.1, 0.15) is 35.6 Å². The van der Waals surface area contributed by atoms with Crippen LogP contribution in [0, 0.1) is 0 Å². The fourth-order valence-corrected chi connectivity index (χ4v) is 6.15. The summed E-state index contributed by atoms with van der Waals surface area (Å²) < 4.78 is 22.8. The number of aliphatic hydroxyl groups is 2. The first-order valence-corrected chi connectivity index (χ1v) is 12.4. The predicted molar refractivity (Wildman–Crippen MR) is 130 cm³/mol. The third-order valence-electron chi connectivity index (χ3n) is 8.22. The van der Waals surface area contributed by atoms with E-state index in [1.54, 1.807) is 6.92 Å². The van der Waals surface area contributed by atoms with E-state index < -0.39 is 88.4 Å². The highest BCUT2D eigenvalue weighted by Gasteiger charge is 2.73. The lowest BCUT2D eigenvalue weighted by Gasteiger charge is -2.39. The van der Waals surface area contributed by atoms with Gasteiger partial charge in [-0.1, -0.05) is 12.1 Å². The Kier molecular flexibility index (Phi) is 5.67. The molecule has 8 atom stereocenters. The maximum atomic E-state index is 13.7. The van der Waals surface area contributed by atoms with Crippen molar-refractivity contribution in [2.45, 2.75) is 68.7 Å². The molecule has 39 heavy (non-hydrogen) atoms. The number of rotatable bonds is 4. The molecule has 0 amide bonds. The third kappa shape index (κ3) is 3.30. The van der Waals surface area contributed by atoms with Crippen molar-refractivity contribution in [1.82, 2.24) is 0 Å². The van der Waals surface area contributed by atoms with Crippen molar-refractivity contribution in [3.63, 3.8) is 0 Å². The fourth-order valence-electron chi connectivity index (χ4n) is 6.15. The van der Waals surface area contributed by atoms with Crippen LogP contribution in [0.3, 0.4) is 0 Å². The average molecular weight is 542 g/mol. The topological polar surface area (TPSA) is 198 Å². The molecule has 0 radical (unpaired) electrons. The van der Waals surface area contributed by atoms with Crippen LogP contribution in [0.1, 0.15) is 75.4 Å². The second-order valence-electron chi connectivity index (χ2n) is 10.3. The molecular formula is C27H27NO11. The molecule has 2 aliphatic heterocycles. The van der Waals surface area contributed by atoms with Crippen molar-refractivity contribution in [1.29, 1.82) is 0 Å². The predicted octanol–water partition coefficient (Wildman–Crippen LogP) is 0.536. The maximum absolute atomic E-state index is 13.7. The van der Waals surface area contributed by atoms with Crippen LogP contribution in [0.2, 0.25) is 0 Å². The zero-order valence-electron chi connectivity index (χ0n) is 21.2. The van der Waals surface area contributed by atoms with Crippen LogP contribution in [-0.2, 0) is 19.0 Å². The normalized spacial score (nSPS) is 34.5. The Bertz CT molecular complexity index is 1440. The van der Waals surface area contributed by atoms with Gasteiger partial charge in [0.05, 0.1) is 36.0 Å². The Labute approximate surface area is 221 Å². The van der Waals surface area contributed by atoms with E-state index in [2.05, 4.69) is 0 Å². The smallest absolute Gasteiger partial charge is 0.202 e. The SMILES string of the molecule is COc1cccc2c1C(=O)c1c(O)c3c(c(O)c1C2=O)[C@H](O)[C@]1(C(C)=O)O[C@@H]1[C@@H]3O[C@H]1C[C@H](N)[C@H](O)[C@H](C)O1. The summed E-state index contributed by atoms with van der Waals surface area (Å²) in [6.45, 7) is 2.80. The van der Waals surface area contributed by atoms with E-state index in [0.29, 0.717) is 0 Å². The van der Waals surface area contributed by atoms with Crippen LogP contribution < -0.4 is 10.5 Å². The number of carbonyl (C=O) groups excluding carboxylic acids is 3. The molecule has 2 aromatic carbocycles. The van der Waals surface area contributed by atoms with Crippen molar-refractivity contribution in [3.8, 4) is 17.2 Å². The standard InChI is InChI=1S/C27H27NO11/c1-8-19(30)11(28)7-13(37-8)38-24-17-18(25(35)27(9(2)29)26(24)39-27)23(34)15-16(22(17)33)21(32)14-10(20(15)31)5-4-6-12(14)36-3/h4-6,8,11,13,19,24-26,30,33-35H,7,28H2,1-3H3/t8-,11-,13-,19+,24+,25-,26+,27-/m0/s1. The van der Waals surface area contributed by atoms with Crippen LogP contribution in [0.15, 0.2) is 18.2 Å². The molecule has 0 saturated carbocycles. The quantitative estimate of drug-likeness (QED) is 0.227. The van der Waals surface area contributed by atoms with Crippen LogP contribution in [0.25, 0.3) is 0 Å².